The van der Waals surface area contributed by atoms with Gasteiger partial charge in [0.25, 0.3) is 0 Å². The summed E-state index contributed by atoms with van der Waals surface area (Å²) in [7, 11) is 0. The summed E-state index contributed by atoms with van der Waals surface area (Å²) in [4.78, 5) is 3.04. The first-order valence-corrected chi connectivity index (χ1v) is 20.2. The van der Waals surface area contributed by atoms with Crippen molar-refractivity contribution in [1.29, 1.82) is 0 Å². The molecule has 0 bridgehead atoms. The van der Waals surface area contributed by atoms with Crippen LogP contribution in [-0.2, 0) is 0 Å². The van der Waals surface area contributed by atoms with Crippen LogP contribution in [0.2, 0.25) is 13.3 Å². The first kappa shape index (κ1) is 24.8. The maximum atomic E-state index is 3.04. The fraction of sp³-hybridized carbons (Fsp3) is 1.00. The van der Waals surface area contributed by atoms with E-state index in [-0.39, 0.29) is 0 Å². The van der Waals surface area contributed by atoms with Crippen LogP contribution in [-0.4, -0.2) is 40.4 Å². The quantitative estimate of drug-likeness (QED) is 0.152. The summed E-state index contributed by atoms with van der Waals surface area (Å²) in [5.74, 6) is 0. The van der Waals surface area contributed by atoms with Crippen molar-refractivity contribution in [3.63, 3.8) is 0 Å². The van der Waals surface area contributed by atoms with E-state index in [4.69, 9.17) is 0 Å². The zero-order valence-electron chi connectivity index (χ0n) is 19.0. The Morgan fingerprint density at radius 3 is 1.69 bits per heavy atom. The van der Waals surface area contributed by atoms with Gasteiger partial charge < -0.3 is 0 Å². The van der Waals surface area contributed by atoms with E-state index >= 15 is 0 Å². The molecule has 0 N–H and O–H groups in total. The molecule has 0 amide bonds. The average Bonchev–Trinajstić information content (AvgIpc) is 3.13. The number of unbranched alkanes of at least 4 members (excludes halogenated alkanes) is 8. The molecule has 0 radical (unpaired) electrons. The number of likely N-dealkylation sites (tertiary alicyclic amines) is 1. The molecule has 0 aliphatic carbocycles. The molecule has 1 atom stereocenters. The molecular weight excluding hydrogens is 421 g/mol. The maximum absolute atomic E-state index is 3.04. The summed E-state index contributed by atoms with van der Waals surface area (Å²) in [6, 6.07) is 0. The van der Waals surface area contributed by atoms with Crippen LogP contribution in [0.1, 0.15) is 118 Å². The van der Waals surface area contributed by atoms with Crippen LogP contribution in [0.15, 0.2) is 0 Å². The van der Waals surface area contributed by atoms with Gasteiger partial charge in [0.1, 0.15) is 0 Å². The van der Waals surface area contributed by atoms with E-state index in [1.165, 1.54) is 96.6 Å². The molecule has 1 heterocycles. The molecule has 1 rings (SSSR count). The zero-order chi connectivity index (χ0) is 19.1. The number of rotatable bonds is 17. The third-order valence-corrected chi connectivity index (χ3v) is 24.4. The van der Waals surface area contributed by atoms with Crippen molar-refractivity contribution in [2.45, 2.75) is 135 Å². The van der Waals surface area contributed by atoms with Crippen molar-refractivity contribution in [2.75, 3.05) is 13.1 Å². The molecule has 0 aromatic carbocycles. The average molecular weight is 472 g/mol. The molecule has 156 valence electrons. The van der Waals surface area contributed by atoms with Gasteiger partial charge in [-0.05, 0) is 0 Å². The molecule has 1 unspecified atom stereocenters. The predicted octanol–water partition coefficient (Wildman–Crippen LogP) is 8.20. The van der Waals surface area contributed by atoms with E-state index in [0.29, 0.717) is 0 Å². The summed E-state index contributed by atoms with van der Waals surface area (Å²) < 4.78 is 6.19. The van der Waals surface area contributed by atoms with Crippen molar-refractivity contribution >= 4 is 18.4 Å². The number of hydrogen-bond donors (Lipinski definition) is 0. The molecule has 0 spiro atoms. The molecule has 1 aliphatic heterocycles. The Labute approximate surface area is 171 Å². The van der Waals surface area contributed by atoms with E-state index in [2.05, 4.69) is 32.6 Å². The zero-order valence-corrected chi connectivity index (χ0v) is 21.8. The summed E-state index contributed by atoms with van der Waals surface area (Å²) in [6.07, 6.45) is 20.6. The summed E-state index contributed by atoms with van der Waals surface area (Å²) in [5, 5.41) is 0. The van der Waals surface area contributed by atoms with Gasteiger partial charge in [-0.3, -0.25) is 0 Å². The minimum absolute atomic E-state index is 1.10. The third-order valence-electron chi connectivity index (χ3n) is 6.95. The van der Waals surface area contributed by atoms with Crippen LogP contribution in [0.25, 0.3) is 0 Å². The molecule has 0 aromatic heterocycles. The summed E-state index contributed by atoms with van der Waals surface area (Å²) in [6.45, 7) is 12.4. The van der Waals surface area contributed by atoms with Gasteiger partial charge in [-0.25, -0.2) is 0 Å². The summed E-state index contributed by atoms with van der Waals surface area (Å²) >= 11 is -2.05. The molecule has 1 aliphatic rings. The predicted molar refractivity (Wildman–Crippen MR) is 123 cm³/mol. The van der Waals surface area contributed by atoms with Gasteiger partial charge in [-0.15, -0.1) is 0 Å². The van der Waals surface area contributed by atoms with E-state index < -0.39 is 18.4 Å². The van der Waals surface area contributed by atoms with Crippen LogP contribution in [0.5, 0.6) is 0 Å². The van der Waals surface area contributed by atoms with Crippen LogP contribution in [0.3, 0.4) is 0 Å². The SMILES string of the molecule is CCCCCCCCN1CCC[CH]1[Sn]([CH2]CCC)([CH2]CCC)[CH2]CCC. The monoisotopic (exact) mass is 473 g/mol. The fourth-order valence-electron chi connectivity index (χ4n) is 5.34. The van der Waals surface area contributed by atoms with Crippen molar-refractivity contribution in [3.05, 3.63) is 0 Å². The molecule has 26 heavy (non-hydrogen) atoms. The topological polar surface area (TPSA) is 3.24 Å². The third kappa shape index (κ3) is 8.84. The Morgan fingerprint density at radius 2 is 1.15 bits per heavy atom. The van der Waals surface area contributed by atoms with Gasteiger partial charge in [0, 0.05) is 0 Å². The minimum atomic E-state index is -2.05. The van der Waals surface area contributed by atoms with Crippen LogP contribution >= 0.6 is 0 Å². The Kier molecular flexibility index (Phi) is 14.9. The van der Waals surface area contributed by atoms with Crippen molar-refractivity contribution in [1.82, 2.24) is 4.90 Å². The van der Waals surface area contributed by atoms with Crippen molar-refractivity contribution in [2.24, 2.45) is 0 Å². The molecule has 1 saturated heterocycles. The standard InChI is InChI=1S/C12H24N.3C4H9.Sn/c1-2-3-4-5-6-7-10-13-11-8-9-12-13;3*1-3-4-2;/h11H,2-10,12H2,1H3;3*1,3-4H2,2H3;. The molecule has 0 saturated carbocycles. The second kappa shape index (κ2) is 15.7. The van der Waals surface area contributed by atoms with Gasteiger partial charge in [0.2, 0.25) is 0 Å². The Balaban J connectivity index is 2.67. The second-order valence-electron chi connectivity index (χ2n) is 9.13. The first-order valence-electron chi connectivity index (χ1n) is 12.5. The van der Waals surface area contributed by atoms with E-state index in [0.717, 1.165) is 4.06 Å². The summed E-state index contributed by atoms with van der Waals surface area (Å²) in [5.41, 5.74) is 0. The number of hydrogen-bond acceptors (Lipinski definition) is 1. The normalized spacial score (nSPS) is 18.7. The Bertz CT molecular complexity index is 296. The molecular formula is C24H51NSn. The Morgan fingerprint density at radius 1 is 0.654 bits per heavy atom. The molecule has 1 fully saturated rings. The van der Waals surface area contributed by atoms with Gasteiger partial charge in [-0.2, -0.15) is 0 Å². The van der Waals surface area contributed by atoms with E-state index in [1.807, 2.05) is 0 Å². The Hall–Kier alpha value is 0.759. The van der Waals surface area contributed by atoms with Gasteiger partial charge in [0.05, 0.1) is 0 Å². The first-order chi connectivity index (χ1) is 12.7. The molecule has 2 heteroatoms. The fourth-order valence-corrected chi connectivity index (χ4v) is 24.7. The van der Waals surface area contributed by atoms with Gasteiger partial charge >= 0.3 is 171 Å². The van der Waals surface area contributed by atoms with Gasteiger partial charge in [-0.1, -0.05) is 0 Å². The van der Waals surface area contributed by atoms with Crippen LogP contribution < -0.4 is 0 Å². The van der Waals surface area contributed by atoms with Crippen LogP contribution in [0, 0.1) is 0 Å². The van der Waals surface area contributed by atoms with E-state index in [9.17, 15) is 0 Å². The van der Waals surface area contributed by atoms with E-state index in [1.54, 1.807) is 19.7 Å². The molecule has 1 nitrogen and oxygen atoms in total. The number of nitrogens with zero attached hydrogens (tertiary/aromatic N) is 1. The van der Waals surface area contributed by atoms with Crippen LogP contribution in [0.4, 0.5) is 0 Å². The van der Waals surface area contributed by atoms with Crippen molar-refractivity contribution < 1.29 is 0 Å². The molecule has 0 aromatic rings. The van der Waals surface area contributed by atoms with Gasteiger partial charge in [0.15, 0.2) is 0 Å². The second-order valence-corrected chi connectivity index (χ2v) is 23.1. The van der Waals surface area contributed by atoms with Crippen molar-refractivity contribution in [3.8, 4) is 0 Å².